The summed E-state index contributed by atoms with van der Waals surface area (Å²) < 4.78 is 47.0. The first-order valence-corrected chi connectivity index (χ1v) is 12.3. The maximum absolute atomic E-state index is 14.8. The Balaban J connectivity index is 1.74. The van der Waals surface area contributed by atoms with Crippen molar-refractivity contribution in [1.82, 2.24) is 14.9 Å². The second-order valence-corrected chi connectivity index (χ2v) is 9.29. The van der Waals surface area contributed by atoms with Gasteiger partial charge in [0.2, 0.25) is 11.9 Å². The zero-order valence-electron chi connectivity index (χ0n) is 22.3. The highest BCUT2D eigenvalue weighted by molar-refractivity contribution is 5.94. The molecule has 0 unspecified atom stereocenters. The fourth-order valence-electron chi connectivity index (χ4n) is 4.28. The van der Waals surface area contributed by atoms with Crippen LogP contribution in [0, 0.1) is 5.82 Å². The normalized spacial score (nSPS) is 11.9. The van der Waals surface area contributed by atoms with Crippen LogP contribution >= 0.6 is 0 Å². The standard InChI is InChI=1S/C29H30F3N5O2/c1-16(20-7-6-8-21(26(20)30)27(31)32)34-28-22-13-17(11-12-23(22)35-29(33-2)36-28)18-9-10-19(24(14-18)39-5)15-25(38)37(3)4/h6-14,16,27H,15H2,1-5H3,(H2,33,34,35,36)/t16-/m1/s1. The number of halogens is 3. The van der Waals surface area contributed by atoms with Crippen LogP contribution in [-0.2, 0) is 11.2 Å². The van der Waals surface area contributed by atoms with Gasteiger partial charge in [-0.15, -0.1) is 0 Å². The number of rotatable bonds is 9. The summed E-state index contributed by atoms with van der Waals surface area (Å²) in [6.45, 7) is 1.68. The molecule has 4 aromatic rings. The Morgan fingerprint density at radius 1 is 1.03 bits per heavy atom. The molecule has 1 amide bonds. The van der Waals surface area contributed by atoms with Crippen molar-refractivity contribution in [2.24, 2.45) is 0 Å². The van der Waals surface area contributed by atoms with E-state index in [1.165, 1.54) is 17.0 Å². The lowest BCUT2D eigenvalue weighted by molar-refractivity contribution is -0.127. The van der Waals surface area contributed by atoms with Crippen LogP contribution in [0.3, 0.4) is 0 Å². The molecule has 4 rings (SSSR count). The summed E-state index contributed by atoms with van der Waals surface area (Å²) in [6.07, 6.45) is -2.70. The van der Waals surface area contributed by atoms with E-state index >= 15 is 0 Å². The van der Waals surface area contributed by atoms with E-state index in [9.17, 15) is 18.0 Å². The van der Waals surface area contributed by atoms with Gasteiger partial charge in [0.05, 0.1) is 30.7 Å². The van der Waals surface area contributed by atoms with Crippen molar-refractivity contribution in [2.75, 3.05) is 38.9 Å². The summed E-state index contributed by atoms with van der Waals surface area (Å²) in [5.74, 6) is 0.375. The summed E-state index contributed by atoms with van der Waals surface area (Å²) >= 11 is 0. The molecule has 0 aliphatic carbocycles. The third-order valence-corrected chi connectivity index (χ3v) is 6.49. The predicted molar refractivity (Wildman–Crippen MR) is 147 cm³/mol. The van der Waals surface area contributed by atoms with Crippen LogP contribution in [0.4, 0.5) is 24.9 Å². The molecular formula is C29H30F3N5O2. The van der Waals surface area contributed by atoms with Crippen LogP contribution in [0.2, 0.25) is 0 Å². The number of carbonyl (C=O) groups is 1. The number of nitrogens with one attached hydrogen (secondary N) is 2. The highest BCUT2D eigenvalue weighted by atomic mass is 19.3. The molecule has 39 heavy (non-hydrogen) atoms. The predicted octanol–water partition coefficient (Wildman–Crippen LogP) is 6.23. The zero-order valence-corrected chi connectivity index (χ0v) is 22.3. The van der Waals surface area contributed by atoms with E-state index in [1.54, 1.807) is 35.2 Å². The molecule has 0 saturated heterocycles. The molecular weight excluding hydrogens is 507 g/mol. The van der Waals surface area contributed by atoms with Gasteiger partial charge in [-0.3, -0.25) is 4.79 Å². The van der Waals surface area contributed by atoms with Crippen LogP contribution in [-0.4, -0.2) is 49.0 Å². The molecule has 1 aromatic heterocycles. The van der Waals surface area contributed by atoms with Crippen molar-refractivity contribution in [2.45, 2.75) is 25.8 Å². The number of alkyl halides is 2. The second kappa shape index (κ2) is 11.6. The van der Waals surface area contributed by atoms with Gasteiger partial charge in [-0.05, 0) is 36.2 Å². The van der Waals surface area contributed by atoms with Crippen molar-refractivity contribution < 1.29 is 22.7 Å². The first kappa shape index (κ1) is 27.7. The Labute approximate surface area is 225 Å². The Morgan fingerprint density at radius 2 is 1.72 bits per heavy atom. The molecule has 3 aromatic carbocycles. The summed E-state index contributed by atoms with van der Waals surface area (Å²) in [7, 11) is 6.65. The Kier molecular flexibility index (Phi) is 8.23. The van der Waals surface area contributed by atoms with E-state index in [0.717, 1.165) is 22.8 Å². The first-order valence-electron chi connectivity index (χ1n) is 12.3. The average Bonchev–Trinajstić information content (AvgIpc) is 2.92. The van der Waals surface area contributed by atoms with Crippen LogP contribution in [0.15, 0.2) is 54.6 Å². The third kappa shape index (κ3) is 5.89. The average molecular weight is 538 g/mol. The number of hydrogen-bond acceptors (Lipinski definition) is 6. The van der Waals surface area contributed by atoms with Crippen LogP contribution < -0.4 is 15.4 Å². The summed E-state index contributed by atoms with van der Waals surface area (Å²) in [4.78, 5) is 22.8. The zero-order chi connectivity index (χ0) is 28.3. The Morgan fingerprint density at radius 3 is 2.38 bits per heavy atom. The molecule has 0 aliphatic rings. The molecule has 0 spiro atoms. The van der Waals surface area contributed by atoms with Crippen LogP contribution in [0.1, 0.15) is 36.1 Å². The third-order valence-electron chi connectivity index (χ3n) is 6.49. The smallest absolute Gasteiger partial charge is 0.266 e. The Hall–Kier alpha value is -4.34. The minimum atomic E-state index is -2.92. The van der Waals surface area contributed by atoms with Gasteiger partial charge < -0.3 is 20.3 Å². The number of nitrogens with zero attached hydrogens (tertiary/aromatic N) is 3. The molecule has 0 aliphatic heterocycles. The summed E-state index contributed by atoms with van der Waals surface area (Å²) in [5.41, 5.74) is 2.56. The van der Waals surface area contributed by atoms with Gasteiger partial charge in [0.1, 0.15) is 17.4 Å². The van der Waals surface area contributed by atoms with Crippen molar-refractivity contribution in [3.63, 3.8) is 0 Å². The lowest BCUT2D eigenvalue weighted by Gasteiger charge is -2.19. The minimum absolute atomic E-state index is 0.0374. The molecule has 0 bridgehead atoms. The molecule has 0 fully saturated rings. The number of carbonyl (C=O) groups excluding carboxylic acids is 1. The van der Waals surface area contributed by atoms with Crippen molar-refractivity contribution in [1.29, 1.82) is 0 Å². The van der Waals surface area contributed by atoms with Crippen LogP contribution in [0.25, 0.3) is 22.0 Å². The fourth-order valence-corrected chi connectivity index (χ4v) is 4.28. The number of ether oxygens (including phenoxy) is 1. The number of aromatic nitrogens is 2. The van der Waals surface area contributed by atoms with E-state index in [2.05, 4.69) is 20.6 Å². The number of fused-ring (bicyclic) bond motifs is 1. The van der Waals surface area contributed by atoms with E-state index in [0.29, 0.717) is 28.4 Å². The van der Waals surface area contributed by atoms with Gasteiger partial charge in [-0.25, -0.2) is 18.2 Å². The highest BCUT2D eigenvalue weighted by Crippen LogP contribution is 2.34. The molecule has 1 heterocycles. The number of likely N-dealkylation sites (N-methyl/N-ethyl adjacent to an activating group) is 1. The lowest BCUT2D eigenvalue weighted by Crippen LogP contribution is -2.23. The largest absolute Gasteiger partial charge is 0.496 e. The maximum Gasteiger partial charge on any atom is 0.266 e. The van der Waals surface area contributed by atoms with Crippen molar-refractivity contribution in [3.05, 3.63) is 77.1 Å². The quantitative estimate of drug-likeness (QED) is 0.264. The van der Waals surface area contributed by atoms with Gasteiger partial charge in [-0.2, -0.15) is 4.98 Å². The van der Waals surface area contributed by atoms with Crippen molar-refractivity contribution in [3.8, 4) is 16.9 Å². The van der Waals surface area contributed by atoms with E-state index < -0.39 is 23.8 Å². The minimum Gasteiger partial charge on any atom is -0.496 e. The van der Waals surface area contributed by atoms with E-state index in [1.807, 2.05) is 36.4 Å². The maximum atomic E-state index is 14.8. The second-order valence-electron chi connectivity index (χ2n) is 9.29. The van der Waals surface area contributed by atoms with Gasteiger partial charge in [0.15, 0.2) is 0 Å². The van der Waals surface area contributed by atoms with Crippen molar-refractivity contribution >= 4 is 28.6 Å². The van der Waals surface area contributed by atoms with Gasteiger partial charge in [0, 0.05) is 37.7 Å². The number of anilines is 2. The summed E-state index contributed by atoms with van der Waals surface area (Å²) in [5, 5.41) is 6.76. The molecule has 204 valence electrons. The van der Waals surface area contributed by atoms with Gasteiger partial charge in [-0.1, -0.05) is 36.4 Å². The number of hydrogen-bond donors (Lipinski definition) is 2. The first-order chi connectivity index (χ1) is 18.6. The number of benzene rings is 3. The number of amides is 1. The molecule has 1 atom stereocenters. The lowest BCUT2D eigenvalue weighted by atomic mass is 9.99. The molecule has 10 heteroatoms. The highest BCUT2D eigenvalue weighted by Gasteiger charge is 2.21. The number of methoxy groups -OCH3 is 1. The SMILES string of the molecule is CNc1nc(N[C@H](C)c2cccc(C(F)F)c2F)c2cc(-c3ccc(CC(=O)N(C)C)c(OC)c3)ccc2n1. The fraction of sp³-hybridized carbons (Fsp3) is 0.276. The van der Waals surface area contributed by atoms with Gasteiger partial charge >= 0.3 is 0 Å². The van der Waals surface area contributed by atoms with E-state index in [-0.39, 0.29) is 17.9 Å². The molecule has 7 nitrogen and oxygen atoms in total. The summed E-state index contributed by atoms with van der Waals surface area (Å²) in [6, 6.07) is 14.6. The topological polar surface area (TPSA) is 79.4 Å². The monoisotopic (exact) mass is 537 g/mol. The molecule has 0 radical (unpaired) electrons. The van der Waals surface area contributed by atoms with E-state index in [4.69, 9.17) is 4.74 Å². The van der Waals surface area contributed by atoms with Crippen LogP contribution in [0.5, 0.6) is 5.75 Å². The Bertz CT molecular complexity index is 1510. The van der Waals surface area contributed by atoms with Gasteiger partial charge in [0.25, 0.3) is 6.43 Å². The molecule has 2 N–H and O–H groups in total. The molecule has 0 saturated carbocycles.